The van der Waals surface area contributed by atoms with E-state index in [0.717, 1.165) is 11.8 Å². The highest BCUT2D eigenvalue weighted by Gasteiger charge is 2.11. The first-order valence-electron chi connectivity index (χ1n) is 6.65. The molecule has 8 nitrogen and oxygen atoms in total. The quantitative estimate of drug-likeness (QED) is 0.434. The molecule has 23 heavy (non-hydrogen) atoms. The maximum atomic E-state index is 11.8. The molecule has 0 saturated carbocycles. The van der Waals surface area contributed by atoms with Crippen LogP contribution >= 0.6 is 23.1 Å². The molecular weight excluding hydrogens is 340 g/mol. The summed E-state index contributed by atoms with van der Waals surface area (Å²) in [5, 5.41) is 5.10. The molecule has 2 aromatic heterocycles. The summed E-state index contributed by atoms with van der Waals surface area (Å²) in [7, 11) is 0. The van der Waals surface area contributed by atoms with Crippen LogP contribution in [0.25, 0.3) is 0 Å². The number of anilines is 1. The molecule has 0 fully saturated rings. The lowest BCUT2D eigenvalue weighted by Crippen LogP contribution is -2.15. The van der Waals surface area contributed by atoms with E-state index in [-0.39, 0.29) is 29.6 Å². The minimum atomic E-state index is -0.356. The van der Waals surface area contributed by atoms with Gasteiger partial charge in [-0.2, -0.15) is 0 Å². The average molecular weight is 354 g/mol. The Morgan fingerprint density at radius 3 is 3.04 bits per heavy atom. The van der Waals surface area contributed by atoms with Crippen molar-refractivity contribution in [3.8, 4) is 0 Å². The Hall–Kier alpha value is -2.20. The number of aromatic nitrogens is 3. The fourth-order valence-electron chi connectivity index (χ4n) is 1.52. The highest BCUT2D eigenvalue weighted by Crippen LogP contribution is 2.17. The number of thiazole rings is 1. The molecule has 0 saturated heterocycles. The van der Waals surface area contributed by atoms with Crippen LogP contribution in [0.3, 0.4) is 0 Å². The smallest absolute Gasteiger partial charge is 0.311 e. The van der Waals surface area contributed by atoms with E-state index in [2.05, 4.69) is 20.3 Å². The van der Waals surface area contributed by atoms with Crippen LogP contribution in [0.2, 0.25) is 0 Å². The van der Waals surface area contributed by atoms with E-state index in [1.165, 1.54) is 23.6 Å². The monoisotopic (exact) mass is 354 g/mol. The van der Waals surface area contributed by atoms with Crippen LogP contribution in [0, 0.1) is 0 Å². The molecular formula is C13H14N4O4S2. The van der Waals surface area contributed by atoms with Crippen LogP contribution in [-0.2, 0) is 20.7 Å². The van der Waals surface area contributed by atoms with E-state index in [9.17, 15) is 14.4 Å². The number of aromatic amines is 1. The zero-order valence-electron chi connectivity index (χ0n) is 12.2. The molecule has 0 aliphatic rings. The minimum Gasteiger partial charge on any atom is -0.466 e. The Kier molecular flexibility index (Phi) is 6.29. The number of esters is 1. The first-order chi connectivity index (χ1) is 11.1. The standard InChI is InChI=1S/C13H14N4O4S2/c1-2-21-11(20)5-8-6-22-13(15-8)17-10(19)7-23-12-14-4-3-9(18)16-12/h3-4,6H,2,5,7H2,1H3,(H,14,16,18)(H,15,17,19). The average Bonchev–Trinajstić information content (AvgIpc) is 2.92. The van der Waals surface area contributed by atoms with Crippen LogP contribution in [0.4, 0.5) is 5.13 Å². The number of H-pyrrole nitrogens is 1. The SMILES string of the molecule is CCOC(=O)Cc1csc(NC(=O)CSc2nccc(=O)[nH]2)n1. The molecule has 0 spiro atoms. The normalized spacial score (nSPS) is 10.3. The van der Waals surface area contributed by atoms with Gasteiger partial charge in [0.25, 0.3) is 5.56 Å². The Labute approximate surface area is 139 Å². The van der Waals surface area contributed by atoms with Crippen LogP contribution < -0.4 is 10.9 Å². The van der Waals surface area contributed by atoms with Gasteiger partial charge in [-0.15, -0.1) is 11.3 Å². The van der Waals surface area contributed by atoms with Gasteiger partial charge in [0.1, 0.15) is 0 Å². The first kappa shape index (κ1) is 17.2. The van der Waals surface area contributed by atoms with E-state index in [1.54, 1.807) is 12.3 Å². The number of rotatable bonds is 7. The molecule has 10 heteroatoms. The van der Waals surface area contributed by atoms with E-state index in [4.69, 9.17) is 4.74 Å². The lowest BCUT2D eigenvalue weighted by molar-refractivity contribution is -0.142. The van der Waals surface area contributed by atoms with E-state index in [1.807, 2.05) is 0 Å². The van der Waals surface area contributed by atoms with Crippen molar-refractivity contribution in [2.24, 2.45) is 0 Å². The molecule has 0 bridgehead atoms. The summed E-state index contributed by atoms with van der Waals surface area (Å²) in [6, 6.07) is 1.30. The molecule has 2 N–H and O–H groups in total. The summed E-state index contributed by atoms with van der Waals surface area (Å²) in [6.07, 6.45) is 1.45. The molecule has 0 aromatic carbocycles. The van der Waals surface area contributed by atoms with Crippen molar-refractivity contribution in [2.75, 3.05) is 17.7 Å². The molecule has 0 aliphatic heterocycles. The number of carbonyl (C=O) groups excluding carboxylic acids is 2. The van der Waals surface area contributed by atoms with Crippen molar-refractivity contribution < 1.29 is 14.3 Å². The van der Waals surface area contributed by atoms with Gasteiger partial charge in [-0.05, 0) is 6.92 Å². The zero-order valence-corrected chi connectivity index (χ0v) is 13.8. The number of hydrogen-bond donors (Lipinski definition) is 2. The minimum absolute atomic E-state index is 0.0735. The summed E-state index contributed by atoms with van der Waals surface area (Å²) < 4.78 is 4.83. The van der Waals surface area contributed by atoms with E-state index in [0.29, 0.717) is 22.6 Å². The lowest BCUT2D eigenvalue weighted by atomic mass is 10.3. The van der Waals surface area contributed by atoms with Crippen molar-refractivity contribution in [3.05, 3.63) is 33.7 Å². The zero-order chi connectivity index (χ0) is 16.7. The van der Waals surface area contributed by atoms with Crippen LogP contribution in [0.5, 0.6) is 0 Å². The number of ether oxygens (including phenoxy) is 1. The van der Waals surface area contributed by atoms with Crippen molar-refractivity contribution in [1.29, 1.82) is 0 Å². The number of carbonyl (C=O) groups is 2. The molecule has 122 valence electrons. The molecule has 1 amide bonds. The van der Waals surface area contributed by atoms with Gasteiger partial charge >= 0.3 is 5.97 Å². The number of amides is 1. The van der Waals surface area contributed by atoms with Gasteiger partial charge in [0.2, 0.25) is 5.91 Å². The number of hydrogen-bond acceptors (Lipinski definition) is 8. The molecule has 0 unspecified atom stereocenters. The van der Waals surface area contributed by atoms with E-state index < -0.39 is 0 Å². The fraction of sp³-hybridized carbons (Fsp3) is 0.308. The van der Waals surface area contributed by atoms with Crippen molar-refractivity contribution in [2.45, 2.75) is 18.5 Å². The Morgan fingerprint density at radius 2 is 2.30 bits per heavy atom. The first-order valence-corrected chi connectivity index (χ1v) is 8.51. The van der Waals surface area contributed by atoms with Crippen LogP contribution in [-0.4, -0.2) is 39.2 Å². The molecule has 2 aromatic rings. The third-order valence-electron chi connectivity index (χ3n) is 2.42. The lowest BCUT2D eigenvalue weighted by Gasteiger charge is -2.01. The summed E-state index contributed by atoms with van der Waals surface area (Å²) >= 11 is 2.34. The van der Waals surface area contributed by atoms with Gasteiger partial charge in [-0.3, -0.25) is 14.4 Å². The summed E-state index contributed by atoms with van der Waals surface area (Å²) in [5.41, 5.74) is 0.275. The maximum absolute atomic E-state index is 11.8. The summed E-state index contributed by atoms with van der Waals surface area (Å²) in [4.78, 5) is 44.9. The molecule has 0 aliphatic carbocycles. The second-order valence-corrected chi connectivity index (χ2v) is 6.02. The molecule has 0 atom stereocenters. The van der Waals surface area contributed by atoms with Gasteiger partial charge in [-0.1, -0.05) is 11.8 Å². The predicted molar refractivity (Wildman–Crippen MR) is 86.7 cm³/mol. The van der Waals surface area contributed by atoms with Gasteiger partial charge in [0, 0.05) is 17.6 Å². The highest BCUT2D eigenvalue weighted by molar-refractivity contribution is 7.99. The summed E-state index contributed by atoms with van der Waals surface area (Å²) in [5.74, 6) is -0.552. The van der Waals surface area contributed by atoms with Crippen LogP contribution in [0.15, 0.2) is 27.6 Å². The second kappa shape index (κ2) is 8.44. The topological polar surface area (TPSA) is 114 Å². The van der Waals surface area contributed by atoms with Gasteiger partial charge in [0.15, 0.2) is 10.3 Å². The maximum Gasteiger partial charge on any atom is 0.311 e. The molecule has 0 radical (unpaired) electrons. The largest absolute Gasteiger partial charge is 0.466 e. The van der Waals surface area contributed by atoms with Gasteiger partial charge < -0.3 is 15.0 Å². The van der Waals surface area contributed by atoms with Crippen molar-refractivity contribution in [3.63, 3.8) is 0 Å². The predicted octanol–water partition coefficient (Wildman–Crippen LogP) is 1.06. The van der Waals surface area contributed by atoms with Crippen molar-refractivity contribution in [1.82, 2.24) is 15.0 Å². The van der Waals surface area contributed by atoms with Gasteiger partial charge in [0.05, 0.1) is 24.5 Å². The number of nitrogens with one attached hydrogen (secondary N) is 2. The highest BCUT2D eigenvalue weighted by atomic mass is 32.2. The Morgan fingerprint density at radius 1 is 1.48 bits per heavy atom. The molecule has 2 rings (SSSR count). The van der Waals surface area contributed by atoms with Crippen LogP contribution in [0.1, 0.15) is 12.6 Å². The number of thioether (sulfide) groups is 1. The van der Waals surface area contributed by atoms with Crippen molar-refractivity contribution >= 4 is 40.1 Å². The van der Waals surface area contributed by atoms with E-state index >= 15 is 0 Å². The Bertz CT molecular complexity index is 743. The third kappa shape index (κ3) is 5.83. The number of nitrogens with zero attached hydrogens (tertiary/aromatic N) is 2. The second-order valence-electron chi connectivity index (χ2n) is 4.20. The fourth-order valence-corrected chi connectivity index (χ4v) is 2.89. The summed E-state index contributed by atoms with van der Waals surface area (Å²) in [6.45, 7) is 2.05. The third-order valence-corrected chi connectivity index (χ3v) is 4.11. The van der Waals surface area contributed by atoms with Gasteiger partial charge in [-0.25, -0.2) is 9.97 Å². The molecule has 2 heterocycles. The Balaban J connectivity index is 1.82.